The number of nitrogens with zero attached hydrogens (tertiary/aromatic N) is 3. The van der Waals surface area contributed by atoms with Gasteiger partial charge in [0.1, 0.15) is 5.75 Å². The molecule has 0 bridgehead atoms. The van der Waals surface area contributed by atoms with Crippen LogP contribution in [0.15, 0.2) is 12.3 Å². The maximum atomic E-state index is 5.42. The van der Waals surface area contributed by atoms with E-state index in [1.165, 1.54) is 22.3 Å². The number of rotatable bonds is 5. The van der Waals surface area contributed by atoms with E-state index >= 15 is 0 Å². The van der Waals surface area contributed by atoms with Crippen molar-refractivity contribution in [3.8, 4) is 5.75 Å². The number of aromatic nitrogens is 3. The quantitative estimate of drug-likeness (QED) is 0.840. The van der Waals surface area contributed by atoms with Crippen LogP contribution in [-0.2, 0) is 19.4 Å². The molecule has 108 valence electrons. The van der Waals surface area contributed by atoms with Crippen LogP contribution in [0.5, 0.6) is 5.75 Å². The maximum Gasteiger partial charge on any atom is 0.122 e. The second-order valence-electron chi connectivity index (χ2n) is 5.19. The van der Waals surface area contributed by atoms with Gasteiger partial charge in [0.15, 0.2) is 0 Å². The highest BCUT2D eigenvalue weighted by atomic mass is 16.5. The lowest BCUT2D eigenvalue weighted by molar-refractivity contribution is 0.410. The van der Waals surface area contributed by atoms with E-state index < -0.39 is 0 Å². The van der Waals surface area contributed by atoms with E-state index in [-0.39, 0.29) is 0 Å². The Kier molecular flexibility index (Phi) is 4.42. The second-order valence-corrected chi connectivity index (χ2v) is 5.19. The van der Waals surface area contributed by atoms with Crippen LogP contribution in [0, 0.1) is 20.8 Å². The predicted molar refractivity (Wildman–Crippen MR) is 80.3 cm³/mol. The number of benzene rings is 1. The number of hydrogen-bond donors (Lipinski definition) is 0. The van der Waals surface area contributed by atoms with Gasteiger partial charge in [0.25, 0.3) is 0 Å². The molecule has 0 amide bonds. The lowest BCUT2D eigenvalue weighted by Crippen LogP contribution is -2.02. The largest absolute Gasteiger partial charge is 0.496 e. The third-order valence-electron chi connectivity index (χ3n) is 3.97. The first-order valence-electron chi connectivity index (χ1n) is 7.09. The van der Waals surface area contributed by atoms with E-state index in [1.807, 2.05) is 10.9 Å². The van der Waals surface area contributed by atoms with Gasteiger partial charge in [-0.1, -0.05) is 5.21 Å². The number of aryl methyl sites for hydroxylation is 3. The molecule has 20 heavy (non-hydrogen) atoms. The zero-order valence-electron chi connectivity index (χ0n) is 13.0. The summed E-state index contributed by atoms with van der Waals surface area (Å²) in [5.41, 5.74) is 6.29. The summed E-state index contributed by atoms with van der Waals surface area (Å²) >= 11 is 0. The molecular weight excluding hydrogens is 250 g/mol. The first-order valence-corrected chi connectivity index (χ1v) is 7.09. The van der Waals surface area contributed by atoms with Crippen LogP contribution in [-0.4, -0.2) is 22.1 Å². The van der Waals surface area contributed by atoms with Gasteiger partial charge >= 0.3 is 0 Å². The minimum Gasteiger partial charge on any atom is -0.496 e. The van der Waals surface area contributed by atoms with E-state index in [9.17, 15) is 0 Å². The molecule has 0 fully saturated rings. The van der Waals surface area contributed by atoms with E-state index in [0.29, 0.717) is 0 Å². The Labute approximate surface area is 120 Å². The summed E-state index contributed by atoms with van der Waals surface area (Å²) in [4.78, 5) is 0. The Morgan fingerprint density at radius 1 is 1.15 bits per heavy atom. The Hall–Kier alpha value is -1.84. The van der Waals surface area contributed by atoms with Crippen LogP contribution in [0.2, 0.25) is 0 Å². The van der Waals surface area contributed by atoms with Gasteiger partial charge in [-0.25, -0.2) is 0 Å². The predicted octanol–water partition coefficient (Wildman–Crippen LogP) is 3.02. The molecule has 0 saturated heterocycles. The van der Waals surface area contributed by atoms with Crippen LogP contribution < -0.4 is 4.74 Å². The zero-order chi connectivity index (χ0) is 14.7. The van der Waals surface area contributed by atoms with Crippen molar-refractivity contribution in [2.75, 3.05) is 7.11 Å². The van der Waals surface area contributed by atoms with E-state index in [0.717, 1.165) is 30.8 Å². The standard InChI is InChI=1S/C16H23N3O/c1-6-19-10-14(17-18-19)7-8-15-11(2)9-16(20-5)13(4)12(15)3/h9-10H,6-8H2,1-5H3. The summed E-state index contributed by atoms with van der Waals surface area (Å²) < 4.78 is 7.29. The van der Waals surface area contributed by atoms with Crippen molar-refractivity contribution in [1.29, 1.82) is 0 Å². The minimum atomic E-state index is 0.868. The summed E-state index contributed by atoms with van der Waals surface area (Å²) in [6, 6.07) is 2.13. The van der Waals surface area contributed by atoms with Crippen molar-refractivity contribution < 1.29 is 4.74 Å². The first kappa shape index (κ1) is 14.6. The van der Waals surface area contributed by atoms with Crippen LogP contribution in [0.25, 0.3) is 0 Å². The molecule has 0 atom stereocenters. The van der Waals surface area contributed by atoms with Crippen LogP contribution in [0.3, 0.4) is 0 Å². The number of ether oxygens (including phenoxy) is 1. The normalized spacial score (nSPS) is 10.8. The molecule has 1 heterocycles. The number of hydrogen-bond acceptors (Lipinski definition) is 3. The van der Waals surface area contributed by atoms with Crippen molar-refractivity contribution >= 4 is 0 Å². The van der Waals surface area contributed by atoms with Gasteiger partial charge in [-0.15, -0.1) is 5.10 Å². The highest BCUT2D eigenvalue weighted by Gasteiger charge is 2.11. The monoisotopic (exact) mass is 273 g/mol. The molecule has 2 aromatic rings. The molecule has 0 spiro atoms. The fourth-order valence-electron chi connectivity index (χ4n) is 2.56. The van der Waals surface area contributed by atoms with Crippen molar-refractivity contribution in [3.05, 3.63) is 40.2 Å². The lowest BCUT2D eigenvalue weighted by atomic mass is 9.94. The summed E-state index contributed by atoms with van der Waals surface area (Å²) in [5.74, 6) is 0.973. The van der Waals surface area contributed by atoms with Gasteiger partial charge in [-0.3, -0.25) is 4.68 Å². The molecule has 0 aliphatic rings. The highest BCUT2D eigenvalue weighted by molar-refractivity contribution is 5.48. The summed E-state index contributed by atoms with van der Waals surface area (Å²) in [5, 5.41) is 8.29. The minimum absolute atomic E-state index is 0.868. The van der Waals surface area contributed by atoms with Crippen LogP contribution in [0.4, 0.5) is 0 Å². The topological polar surface area (TPSA) is 39.9 Å². The van der Waals surface area contributed by atoms with Gasteiger partial charge in [-0.05, 0) is 68.9 Å². The molecular formula is C16H23N3O. The average Bonchev–Trinajstić information content (AvgIpc) is 2.90. The summed E-state index contributed by atoms with van der Waals surface area (Å²) in [6.07, 6.45) is 3.94. The summed E-state index contributed by atoms with van der Waals surface area (Å²) in [6.45, 7) is 9.37. The van der Waals surface area contributed by atoms with Crippen molar-refractivity contribution in [1.82, 2.24) is 15.0 Å². The fourth-order valence-corrected chi connectivity index (χ4v) is 2.56. The molecule has 0 unspecified atom stereocenters. The van der Waals surface area contributed by atoms with Gasteiger partial charge in [0.2, 0.25) is 0 Å². The van der Waals surface area contributed by atoms with Gasteiger partial charge in [0, 0.05) is 12.7 Å². The molecule has 4 heteroatoms. The van der Waals surface area contributed by atoms with Crippen LogP contribution >= 0.6 is 0 Å². The maximum absolute atomic E-state index is 5.42. The Bertz CT molecular complexity index is 602. The van der Waals surface area contributed by atoms with Crippen molar-refractivity contribution in [3.63, 3.8) is 0 Å². The molecule has 0 radical (unpaired) electrons. The average molecular weight is 273 g/mol. The third-order valence-corrected chi connectivity index (χ3v) is 3.97. The molecule has 0 aliphatic heterocycles. The summed E-state index contributed by atoms with van der Waals surface area (Å²) in [7, 11) is 1.73. The Morgan fingerprint density at radius 2 is 1.90 bits per heavy atom. The smallest absolute Gasteiger partial charge is 0.122 e. The molecule has 0 saturated carbocycles. The highest BCUT2D eigenvalue weighted by Crippen LogP contribution is 2.28. The van der Waals surface area contributed by atoms with E-state index in [1.54, 1.807) is 7.11 Å². The molecule has 2 rings (SSSR count). The fraction of sp³-hybridized carbons (Fsp3) is 0.500. The lowest BCUT2D eigenvalue weighted by Gasteiger charge is -2.15. The second kappa shape index (κ2) is 6.07. The Morgan fingerprint density at radius 3 is 2.50 bits per heavy atom. The molecule has 1 aromatic carbocycles. The van der Waals surface area contributed by atoms with Gasteiger partial charge in [-0.2, -0.15) is 0 Å². The van der Waals surface area contributed by atoms with Gasteiger partial charge < -0.3 is 4.74 Å². The van der Waals surface area contributed by atoms with Gasteiger partial charge in [0.05, 0.1) is 12.8 Å². The Balaban J connectivity index is 2.19. The third kappa shape index (κ3) is 2.84. The zero-order valence-corrected chi connectivity index (χ0v) is 13.0. The van der Waals surface area contributed by atoms with E-state index in [2.05, 4.69) is 44.1 Å². The molecule has 0 N–H and O–H groups in total. The van der Waals surface area contributed by atoms with Crippen molar-refractivity contribution in [2.24, 2.45) is 0 Å². The number of methoxy groups -OCH3 is 1. The first-order chi connectivity index (χ1) is 9.56. The SMILES string of the molecule is CCn1cc(CCc2c(C)cc(OC)c(C)c2C)nn1. The van der Waals surface area contributed by atoms with Crippen molar-refractivity contribution in [2.45, 2.75) is 47.1 Å². The van der Waals surface area contributed by atoms with Crippen LogP contribution in [0.1, 0.15) is 34.9 Å². The molecule has 1 aromatic heterocycles. The van der Waals surface area contributed by atoms with E-state index in [4.69, 9.17) is 4.74 Å². The molecule has 4 nitrogen and oxygen atoms in total. The molecule has 0 aliphatic carbocycles.